The van der Waals surface area contributed by atoms with Gasteiger partial charge in [-0.3, -0.25) is 14.5 Å². The van der Waals surface area contributed by atoms with Gasteiger partial charge in [0.15, 0.2) is 0 Å². The third kappa shape index (κ3) is 6.53. The van der Waals surface area contributed by atoms with E-state index in [1.54, 1.807) is 11.9 Å². The van der Waals surface area contributed by atoms with E-state index >= 15 is 0 Å². The van der Waals surface area contributed by atoms with Crippen molar-refractivity contribution in [3.63, 3.8) is 0 Å². The van der Waals surface area contributed by atoms with E-state index in [2.05, 4.69) is 36.6 Å². The number of carbonyl (C=O) groups excluding carboxylic acids is 2. The van der Waals surface area contributed by atoms with Crippen molar-refractivity contribution in [1.29, 1.82) is 0 Å². The number of benzene rings is 2. The van der Waals surface area contributed by atoms with Crippen LogP contribution < -0.4 is 10.6 Å². The SMILES string of the molecule is Cc1ccc(NC(=O)CN(C)CC(=O)N[C@@H](C)c2ccc(C)c(C)c2)cc1. The molecule has 27 heavy (non-hydrogen) atoms. The van der Waals surface area contributed by atoms with E-state index in [1.165, 1.54) is 11.1 Å². The highest BCUT2D eigenvalue weighted by Crippen LogP contribution is 2.16. The van der Waals surface area contributed by atoms with Gasteiger partial charge in [0.2, 0.25) is 11.8 Å². The van der Waals surface area contributed by atoms with Gasteiger partial charge in [0.05, 0.1) is 19.1 Å². The monoisotopic (exact) mass is 367 g/mol. The molecule has 2 N–H and O–H groups in total. The highest BCUT2D eigenvalue weighted by atomic mass is 16.2. The number of anilines is 1. The first-order valence-corrected chi connectivity index (χ1v) is 9.16. The van der Waals surface area contributed by atoms with Gasteiger partial charge >= 0.3 is 0 Å². The fraction of sp³-hybridized carbons (Fsp3) is 0.364. The van der Waals surface area contributed by atoms with E-state index in [0.717, 1.165) is 16.8 Å². The van der Waals surface area contributed by atoms with Crippen molar-refractivity contribution in [2.75, 3.05) is 25.5 Å². The molecule has 0 fully saturated rings. The Bertz CT molecular complexity index is 800. The van der Waals surface area contributed by atoms with E-state index < -0.39 is 0 Å². The van der Waals surface area contributed by atoms with Crippen LogP contribution in [0.4, 0.5) is 5.69 Å². The zero-order valence-corrected chi connectivity index (χ0v) is 16.8. The Morgan fingerprint density at radius 3 is 2.19 bits per heavy atom. The summed E-state index contributed by atoms with van der Waals surface area (Å²) in [5.41, 5.74) is 5.41. The number of aryl methyl sites for hydroxylation is 3. The summed E-state index contributed by atoms with van der Waals surface area (Å²) in [6.45, 7) is 8.41. The summed E-state index contributed by atoms with van der Waals surface area (Å²) in [6, 6.07) is 13.7. The van der Waals surface area contributed by atoms with E-state index in [0.29, 0.717) is 0 Å². The molecule has 2 amide bonds. The molecule has 0 aromatic heterocycles. The molecule has 0 aliphatic heterocycles. The molecular formula is C22H29N3O2. The largest absolute Gasteiger partial charge is 0.348 e. The van der Waals surface area contributed by atoms with Crippen LogP contribution in [-0.4, -0.2) is 36.9 Å². The average molecular weight is 367 g/mol. The quantitative estimate of drug-likeness (QED) is 0.789. The Balaban J connectivity index is 1.81. The minimum Gasteiger partial charge on any atom is -0.348 e. The first-order chi connectivity index (χ1) is 12.7. The summed E-state index contributed by atoms with van der Waals surface area (Å²) >= 11 is 0. The van der Waals surface area contributed by atoms with Gasteiger partial charge in [0.25, 0.3) is 0 Å². The van der Waals surface area contributed by atoms with Gasteiger partial charge in [-0.2, -0.15) is 0 Å². The summed E-state index contributed by atoms with van der Waals surface area (Å²) in [4.78, 5) is 26.1. The van der Waals surface area contributed by atoms with E-state index in [9.17, 15) is 9.59 Å². The minimum atomic E-state index is -0.142. The smallest absolute Gasteiger partial charge is 0.238 e. The fourth-order valence-electron chi connectivity index (χ4n) is 2.79. The van der Waals surface area contributed by atoms with Gasteiger partial charge in [-0.25, -0.2) is 0 Å². The molecule has 144 valence electrons. The van der Waals surface area contributed by atoms with Crippen LogP contribution in [0, 0.1) is 20.8 Å². The van der Waals surface area contributed by atoms with Gasteiger partial charge in [-0.05, 0) is 63.6 Å². The highest BCUT2D eigenvalue weighted by Gasteiger charge is 2.14. The van der Waals surface area contributed by atoms with Crippen molar-refractivity contribution in [1.82, 2.24) is 10.2 Å². The topological polar surface area (TPSA) is 61.4 Å². The molecule has 0 radical (unpaired) electrons. The molecule has 0 heterocycles. The van der Waals surface area contributed by atoms with Crippen molar-refractivity contribution >= 4 is 17.5 Å². The number of carbonyl (C=O) groups is 2. The maximum atomic E-state index is 12.3. The zero-order chi connectivity index (χ0) is 20.0. The summed E-state index contributed by atoms with van der Waals surface area (Å²) in [6.07, 6.45) is 0. The number of hydrogen-bond acceptors (Lipinski definition) is 3. The minimum absolute atomic E-state index is 0.0772. The molecule has 1 atom stereocenters. The van der Waals surface area contributed by atoms with Crippen LogP contribution in [0.25, 0.3) is 0 Å². The predicted molar refractivity (Wildman–Crippen MR) is 110 cm³/mol. The molecule has 0 aliphatic rings. The Hall–Kier alpha value is -2.66. The Morgan fingerprint density at radius 1 is 0.926 bits per heavy atom. The number of likely N-dealkylation sites (N-methyl/N-ethyl adjacent to an activating group) is 1. The number of hydrogen-bond donors (Lipinski definition) is 2. The molecule has 2 aromatic rings. The van der Waals surface area contributed by atoms with E-state index in [1.807, 2.05) is 44.2 Å². The molecular weight excluding hydrogens is 338 g/mol. The molecule has 0 aliphatic carbocycles. The van der Waals surface area contributed by atoms with Gasteiger partial charge in [0, 0.05) is 5.69 Å². The molecule has 5 heteroatoms. The lowest BCUT2D eigenvalue weighted by Crippen LogP contribution is -2.39. The highest BCUT2D eigenvalue weighted by molar-refractivity contribution is 5.92. The molecule has 2 rings (SSSR count). The number of amides is 2. The Kier molecular flexibility index (Phi) is 7.13. The van der Waals surface area contributed by atoms with Gasteiger partial charge in [-0.1, -0.05) is 35.9 Å². The second-order valence-corrected chi connectivity index (χ2v) is 7.22. The lowest BCUT2D eigenvalue weighted by molar-refractivity contribution is -0.123. The maximum Gasteiger partial charge on any atom is 0.238 e. The van der Waals surface area contributed by atoms with Crippen LogP contribution in [0.3, 0.4) is 0 Å². The van der Waals surface area contributed by atoms with Crippen molar-refractivity contribution in [2.24, 2.45) is 0 Å². The Morgan fingerprint density at radius 2 is 1.56 bits per heavy atom. The lowest BCUT2D eigenvalue weighted by Gasteiger charge is -2.19. The summed E-state index contributed by atoms with van der Waals surface area (Å²) in [5.74, 6) is -0.247. The molecule has 5 nitrogen and oxygen atoms in total. The van der Waals surface area contributed by atoms with Crippen LogP contribution in [0.1, 0.15) is 35.2 Å². The summed E-state index contributed by atoms with van der Waals surface area (Å²) in [5, 5.41) is 5.83. The zero-order valence-electron chi connectivity index (χ0n) is 16.8. The average Bonchev–Trinajstić information content (AvgIpc) is 2.58. The third-order valence-corrected chi connectivity index (χ3v) is 4.57. The number of nitrogens with one attached hydrogen (secondary N) is 2. The molecule has 0 bridgehead atoms. The summed E-state index contributed by atoms with van der Waals surface area (Å²) < 4.78 is 0. The van der Waals surface area contributed by atoms with Crippen LogP contribution in [0.15, 0.2) is 42.5 Å². The number of nitrogens with zero attached hydrogens (tertiary/aromatic N) is 1. The van der Waals surface area contributed by atoms with Crippen LogP contribution in [-0.2, 0) is 9.59 Å². The Labute approximate surface area is 161 Å². The van der Waals surface area contributed by atoms with Gasteiger partial charge in [0.1, 0.15) is 0 Å². The van der Waals surface area contributed by atoms with Crippen molar-refractivity contribution in [2.45, 2.75) is 33.7 Å². The van der Waals surface area contributed by atoms with Crippen molar-refractivity contribution in [3.05, 3.63) is 64.7 Å². The molecule has 0 unspecified atom stereocenters. The van der Waals surface area contributed by atoms with E-state index in [-0.39, 0.29) is 30.9 Å². The van der Waals surface area contributed by atoms with Crippen molar-refractivity contribution < 1.29 is 9.59 Å². The summed E-state index contributed by atoms with van der Waals surface area (Å²) in [7, 11) is 1.76. The maximum absolute atomic E-state index is 12.3. The van der Waals surface area contributed by atoms with Crippen molar-refractivity contribution in [3.8, 4) is 0 Å². The van der Waals surface area contributed by atoms with Crippen LogP contribution in [0.2, 0.25) is 0 Å². The lowest BCUT2D eigenvalue weighted by atomic mass is 10.0. The number of rotatable bonds is 7. The second kappa shape index (κ2) is 9.33. The first-order valence-electron chi connectivity index (χ1n) is 9.16. The first kappa shape index (κ1) is 20.6. The van der Waals surface area contributed by atoms with Gasteiger partial charge < -0.3 is 10.6 Å². The predicted octanol–water partition coefficient (Wildman–Crippen LogP) is 3.36. The molecule has 0 saturated heterocycles. The third-order valence-electron chi connectivity index (χ3n) is 4.57. The van der Waals surface area contributed by atoms with Crippen LogP contribution in [0.5, 0.6) is 0 Å². The molecule has 0 saturated carbocycles. The standard InChI is InChI=1S/C22H29N3O2/c1-15-6-10-20(11-7-15)24-22(27)14-25(5)13-21(26)23-18(4)19-9-8-16(2)17(3)12-19/h6-12,18H,13-14H2,1-5H3,(H,23,26)(H,24,27)/t18-/m0/s1. The fourth-order valence-corrected chi connectivity index (χ4v) is 2.79. The molecule has 0 spiro atoms. The van der Waals surface area contributed by atoms with Crippen LogP contribution >= 0.6 is 0 Å². The van der Waals surface area contributed by atoms with Gasteiger partial charge in [-0.15, -0.1) is 0 Å². The molecule has 2 aromatic carbocycles. The normalized spacial score (nSPS) is 11.9. The second-order valence-electron chi connectivity index (χ2n) is 7.22. The van der Waals surface area contributed by atoms with E-state index in [4.69, 9.17) is 0 Å².